The van der Waals surface area contributed by atoms with E-state index in [2.05, 4.69) is 31.3 Å². The predicted octanol–water partition coefficient (Wildman–Crippen LogP) is 4.03. The first-order valence-corrected chi connectivity index (χ1v) is 11.1. The zero-order valence-electron chi connectivity index (χ0n) is 17.1. The van der Waals surface area contributed by atoms with Gasteiger partial charge >= 0.3 is 0 Å². The average Bonchev–Trinajstić information content (AvgIpc) is 2.66. The van der Waals surface area contributed by atoms with E-state index in [0.717, 1.165) is 42.6 Å². The van der Waals surface area contributed by atoms with Gasteiger partial charge in [0.1, 0.15) is 6.04 Å². The van der Waals surface area contributed by atoms with Crippen LogP contribution in [0.3, 0.4) is 0 Å². The van der Waals surface area contributed by atoms with Gasteiger partial charge in [0.15, 0.2) is 0 Å². The summed E-state index contributed by atoms with van der Waals surface area (Å²) in [5.41, 5.74) is 2.02. The van der Waals surface area contributed by atoms with Crippen LogP contribution < -0.4 is 5.32 Å². The highest BCUT2D eigenvalue weighted by atomic mass is 16.2. The van der Waals surface area contributed by atoms with Gasteiger partial charge < -0.3 is 10.2 Å². The molecule has 5 fully saturated rings. The maximum atomic E-state index is 13.9. The van der Waals surface area contributed by atoms with Crippen LogP contribution in [0, 0.1) is 23.2 Å². The number of benzene rings is 1. The molecule has 2 amide bonds. The molecule has 4 heteroatoms. The van der Waals surface area contributed by atoms with Crippen LogP contribution in [0.25, 0.3) is 0 Å². The number of carbonyl (C=O) groups excluding carboxylic acids is 2. The molecule has 5 aliphatic rings. The Hall–Kier alpha value is -1.84. The Labute approximate surface area is 168 Å². The van der Waals surface area contributed by atoms with Gasteiger partial charge in [0.25, 0.3) is 0 Å². The molecule has 6 rings (SSSR count). The van der Waals surface area contributed by atoms with Gasteiger partial charge in [-0.3, -0.25) is 9.59 Å². The summed E-state index contributed by atoms with van der Waals surface area (Å²) in [7, 11) is 0. The molecule has 1 N–H and O–H groups in total. The van der Waals surface area contributed by atoms with Crippen molar-refractivity contribution >= 4 is 11.8 Å². The molecule has 1 unspecified atom stereocenters. The molecule has 1 aromatic carbocycles. The molecule has 1 atom stereocenters. The Morgan fingerprint density at radius 3 is 2.14 bits per heavy atom. The van der Waals surface area contributed by atoms with Crippen LogP contribution in [0.4, 0.5) is 0 Å². The fourth-order valence-corrected chi connectivity index (χ4v) is 6.96. The highest BCUT2D eigenvalue weighted by molar-refractivity contribution is 5.92. The monoisotopic (exact) mass is 380 g/mol. The van der Waals surface area contributed by atoms with Gasteiger partial charge in [0.2, 0.25) is 11.8 Å². The van der Waals surface area contributed by atoms with E-state index in [0.29, 0.717) is 19.0 Å². The summed E-state index contributed by atoms with van der Waals surface area (Å²) >= 11 is 0. The quantitative estimate of drug-likeness (QED) is 0.861. The van der Waals surface area contributed by atoms with Crippen molar-refractivity contribution in [2.24, 2.45) is 23.2 Å². The van der Waals surface area contributed by atoms with Gasteiger partial charge in [-0.2, -0.15) is 0 Å². The number of hydrogen-bond acceptors (Lipinski definition) is 2. The third kappa shape index (κ3) is 2.87. The van der Waals surface area contributed by atoms with Crippen molar-refractivity contribution in [2.45, 2.75) is 64.3 Å². The van der Waals surface area contributed by atoms with Crippen LogP contribution in [0.15, 0.2) is 24.3 Å². The van der Waals surface area contributed by atoms with Crippen LogP contribution in [-0.2, 0) is 9.59 Å². The van der Waals surface area contributed by atoms with Gasteiger partial charge in [-0.1, -0.05) is 38.1 Å². The number of amides is 2. The number of piperazine rings is 1. The Balaban J connectivity index is 1.45. The van der Waals surface area contributed by atoms with E-state index in [9.17, 15) is 9.59 Å². The van der Waals surface area contributed by atoms with Gasteiger partial charge in [-0.15, -0.1) is 0 Å². The van der Waals surface area contributed by atoms with E-state index in [1.54, 1.807) is 0 Å². The SMILES string of the molecule is CC(C)c1ccc(C2C(=O)NCCN2C(=O)C23CC4CC(CC(C4)C2)C3)cc1. The zero-order chi connectivity index (χ0) is 19.5. The van der Waals surface area contributed by atoms with Crippen molar-refractivity contribution in [1.82, 2.24) is 10.2 Å². The van der Waals surface area contributed by atoms with Crippen molar-refractivity contribution in [1.29, 1.82) is 0 Å². The highest BCUT2D eigenvalue weighted by Crippen LogP contribution is 2.61. The smallest absolute Gasteiger partial charge is 0.247 e. The molecule has 4 nitrogen and oxygen atoms in total. The van der Waals surface area contributed by atoms with Gasteiger partial charge in [-0.25, -0.2) is 0 Å². The molecular weight excluding hydrogens is 348 g/mol. The molecule has 0 aromatic heterocycles. The molecular formula is C24H32N2O2. The summed E-state index contributed by atoms with van der Waals surface area (Å²) in [6.45, 7) is 5.54. The second-order valence-electron chi connectivity index (χ2n) is 10.2. The lowest BCUT2D eigenvalue weighted by atomic mass is 9.49. The maximum absolute atomic E-state index is 13.9. The van der Waals surface area contributed by atoms with E-state index in [1.165, 1.54) is 24.8 Å². The molecule has 150 valence electrons. The first kappa shape index (κ1) is 18.2. The number of hydrogen-bond donors (Lipinski definition) is 1. The van der Waals surface area contributed by atoms with Crippen LogP contribution in [0.2, 0.25) is 0 Å². The van der Waals surface area contributed by atoms with Crippen LogP contribution in [0.5, 0.6) is 0 Å². The predicted molar refractivity (Wildman–Crippen MR) is 109 cm³/mol. The van der Waals surface area contributed by atoms with E-state index >= 15 is 0 Å². The molecule has 28 heavy (non-hydrogen) atoms. The molecule has 4 aliphatic carbocycles. The van der Waals surface area contributed by atoms with Gasteiger partial charge in [0, 0.05) is 13.1 Å². The minimum Gasteiger partial charge on any atom is -0.352 e. The summed E-state index contributed by atoms with van der Waals surface area (Å²) in [6.07, 6.45) is 7.13. The van der Waals surface area contributed by atoms with E-state index < -0.39 is 6.04 Å². The fraction of sp³-hybridized carbons (Fsp3) is 0.667. The molecule has 4 bridgehead atoms. The Kier molecular flexibility index (Phi) is 4.29. The lowest BCUT2D eigenvalue weighted by Gasteiger charge is -2.57. The number of carbonyl (C=O) groups is 2. The zero-order valence-corrected chi connectivity index (χ0v) is 17.1. The van der Waals surface area contributed by atoms with E-state index in [1.807, 2.05) is 17.0 Å². The van der Waals surface area contributed by atoms with Gasteiger partial charge in [-0.05, 0) is 73.3 Å². The van der Waals surface area contributed by atoms with Crippen LogP contribution in [-0.4, -0.2) is 29.8 Å². The molecule has 0 spiro atoms. The lowest BCUT2D eigenvalue weighted by molar-refractivity contribution is -0.164. The van der Waals surface area contributed by atoms with Crippen molar-refractivity contribution in [2.75, 3.05) is 13.1 Å². The van der Waals surface area contributed by atoms with E-state index in [-0.39, 0.29) is 17.2 Å². The Morgan fingerprint density at radius 1 is 1.04 bits per heavy atom. The van der Waals surface area contributed by atoms with Crippen molar-refractivity contribution in [3.05, 3.63) is 35.4 Å². The summed E-state index contributed by atoms with van der Waals surface area (Å²) in [5.74, 6) is 2.90. The second-order valence-corrected chi connectivity index (χ2v) is 10.2. The summed E-state index contributed by atoms with van der Waals surface area (Å²) in [4.78, 5) is 28.7. The van der Waals surface area contributed by atoms with Crippen LogP contribution in [0.1, 0.15) is 75.5 Å². The molecule has 1 aromatic rings. The summed E-state index contributed by atoms with van der Waals surface area (Å²) in [5, 5.41) is 2.99. The average molecular weight is 381 g/mol. The largest absolute Gasteiger partial charge is 0.352 e. The highest BCUT2D eigenvalue weighted by Gasteiger charge is 2.56. The third-order valence-corrected chi connectivity index (χ3v) is 7.88. The van der Waals surface area contributed by atoms with Crippen LogP contribution >= 0.6 is 0 Å². The third-order valence-electron chi connectivity index (χ3n) is 7.88. The van der Waals surface area contributed by atoms with Crippen molar-refractivity contribution < 1.29 is 9.59 Å². The molecule has 1 saturated heterocycles. The molecule has 0 radical (unpaired) electrons. The number of nitrogens with one attached hydrogen (secondary N) is 1. The Morgan fingerprint density at radius 2 is 1.61 bits per heavy atom. The normalized spacial score (nSPS) is 36.7. The standard InChI is InChI=1S/C24H32N2O2/c1-15(2)19-3-5-20(6-4-19)21-22(27)25-7-8-26(21)23(28)24-12-16-9-17(13-24)11-18(10-16)14-24/h3-6,15-18,21H,7-14H2,1-2H3,(H,25,27). The van der Waals surface area contributed by atoms with Crippen molar-refractivity contribution in [3.8, 4) is 0 Å². The minimum absolute atomic E-state index is 0.0263. The van der Waals surface area contributed by atoms with E-state index in [4.69, 9.17) is 0 Å². The molecule has 1 aliphatic heterocycles. The number of nitrogens with zero attached hydrogens (tertiary/aromatic N) is 1. The number of rotatable bonds is 3. The summed E-state index contributed by atoms with van der Waals surface area (Å²) < 4.78 is 0. The fourth-order valence-electron chi connectivity index (χ4n) is 6.96. The summed E-state index contributed by atoms with van der Waals surface area (Å²) in [6, 6.07) is 7.83. The van der Waals surface area contributed by atoms with Gasteiger partial charge in [0.05, 0.1) is 5.41 Å². The maximum Gasteiger partial charge on any atom is 0.247 e. The lowest BCUT2D eigenvalue weighted by Crippen LogP contribution is -2.59. The molecule has 4 saturated carbocycles. The Bertz CT molecular complexity index is 747. The topological polar surface area (TPSA) is 49.4 Å². The minimum atomic E-state index is -0.476. The first-order chi connectivity index (χ1) is 13.4. The van der Waals surface area contributed by atoms with Crippen molar-refractivity contribution in [3.63, 3.8) is 0 Å². The first-order valence-electron chi connectivity index (χ1n) is 11.1. The second kappa shape index (κ2) is 6.60. The molecule has 1 heterocycles.